The summed E-state index contributed by atoms with van der Waals surface area (Å²) >= 11 is 2.60. The number of nitro benzene ring substituents is 1. The molecule has 194 valence electrons. The van der Waals surface area contributed by atoms with Crippen LogP contribution in [-0.4, -0.2) is 21.7 Å². The van der Waals surface area contributed by atoms with E-state index in [2.05, 4.69) is 15.6 Å². The number of benzene rings is 3. The molecule has 1 unspecified atom stereocenters. The van der Waals surface area contributed by atoms with Gasteiger partial charge in [-0.2, -0.15) is 0 Å². The zero-order valence-electron chi connectivity index (χ0n) is 20.1. The standard InChI is InChI=1S/C28H20N4O5S2/c33-26(24-10-5-15-37-24)29-20-11-13-22(14-12-20)39-25(18-6-2-1-3-7-18)27(34)31-28-30-23(17-38-28)19-8-4-9-21(16-19)32(35)36/h1-17,25H,(H,29,33)(H,30,31,34). The summed E-state index contributed by atoms with van der Waals surface area (Å²) in [4.78, 5) is 41.6. The first-order valence-corrected chi connectivity index (χ1v) is 13.4. The van der Waals surface area contributed by atoms with Crippen LogP contribution in [0.1, 0.15) is 21.4 Å². The average molecular weight is 557 g/mol. The van der Waals surface area contributed by atoms with Crippen molar-refractivity contribution in [1.29, 1.82) is 0 Å². The van der Waals surface area contributed by atoms with Crippen molar-refractivity contribution in [1.82, 2.24) is 4.98 Å². The van der Waals surface area contributed by atoms with E-state index < -0.39 is 10.2 Å². The third-order valence-electron chi connectivity index (χ3n) is 5.54. The van der Waals surface area contributed by atoms with Gasteiger partial charge in [0.15, 0.2) is 10.9 Å². The van der Waals surface area contributed by atoms with Gasteiger partial charge < -0.3 is 15.1 Å². The van der Waals surface area contributed by atoms with Crippen LogP contribution in [0.15, 0.2) is 112 Å². The highest BCUT2D eigenvalue weighted by Crippen LogP contribution is 2.37. The summed E-state index contributed by atoms with van der Waals surface area (Å²) in [5.74, 6) is -0.402. The van der Waals surface area contributed by atoms with Crippen molar-refractivity contribution in [3.05, 3.63) is 124 Å². The number of non-ortho nitro benzene ring substituents is 1. The molecule has 5 aromatic rings. The molecule has 1 atom stereocenters. The van der Waals surface area contributed by atoms with E-state index in [9.17, 15) is 19.7 Å². The van der Waals surface area contributed by atoms with Crippen molar-refractivity contribution >= 4 is 51.4 Å². The van der Waals surface area contributed by atoms with Gasteiger partial charge in [0.05, 0.1) is 16.9 Å². The Bertz CT molecular complexity index is 1600. The van der Waals surface area contributed by atoms with Crippen molar-refractivity contribution in [2.75, 3.05) is 10.6 Å². The zero-order valence-corrected chi connectivity index (χ0v) is 21.8. The first-order chi connectivity index (χ1) is 19.0. The molecule has 0 aliphatic rings. The van der Waals surface area contributed by atoms with Crippen molar-refractivity contribution < 1.29 is 18.9 Å². The van der Waals surface area contributed by atoms with Crippen molar-refractivity contribution in [3.8, 4) is 11.3 Å². The minimum absolute atomic E-state index is 0.0295. The maximum Gasteiger partial charge on any atom is 0.291 e. The molecule has 0 saturated carbocycles. The molecule has 9 nitrogen and oxygen atoms in total. The summed E-state index contributed by atoms with van der Waals surface area (Å²) in [7, 11) is 0. The van der Waals surface area contributed by atoms with E-state index in [4.69, 9.17) is 4.42 Å². The van der Waals surface area contributed by atoms with Gasteiger partial charge in [-0.1, -0.05) is 42.5 Å². The third kappa shape index (κ3) is 6.40. The molecule has 2 aromatic heterocycles. The van der Waals surface area contributed by atoms with Crippen LogP contribution in [0.25, 0.3) is 11.3 Å². The second kappa shape index (κ2) is 11.8. The average Bonchev–Trinajstić information content (AvgIpc) is 3.66. The highest BCUT2D eigenvalue weighted by atomic mass is 32.2. The monoisotopic (exact) mass is 556 g/mol. The number of nitro groups is 1. The second-order valence-electron chi connectivity index (χ2n) is 8.20. The Labute approximate surface area is 231 Å². The number of carbonyl (C=O) groups is 2. The predicted molar refractivity (Wildman–Crippen MR) is 151 cm³/mol. The summed E-state index contributed by atoms with van der Waals surface area (Å²) in [6.45, 7) is 0. The molecule has 11 heteroatoms. The topological polar surface area (TPSA) is 127 Å². The number of anilines is 2. The number of thioether (sulfide) groups is 1. The van der Waals surface area contributed by atoms with Crippen molar-refractivity contribution in [3.63, 3.8) is 0 Å². The zero-order chi connectivity index (χ0) is 27.2. The van der Waals surface area contributed by atoms with Gasteiger partial charge in [-0.05, 0) is 42.0 Å². The predicted octanol–water partition coefficient (Wildman–Crippen LogP) is 7.04. The number of hydrogen-bond donors (Lipinski definition) is 2. The maximum absolute atomic E-state index is 13.4. The Kier molecular flexibility index (Phi) is 7.80. The number of amides is 2. The van der Waals surface area contributed by atoms with Crippen LogP contribution in [0, 0.1) is 10.1 Å². The molecular formula is C28H20N4O5S2. The van der Waals surface area contributed by atoms with E-state index in [1.165, 1.54) is 41.5 Å². The van der Waals surface area contributed by atoms with Crippen LogP contribution in [0.2, 0.25) is 0 Å². The van der Waals surface area contributed by atoms with Gasteiger partial charge in [-0.15, -0.1) is 23.1 Å². The number of nitrogens with one attached hydrogen (secondary N) is 2. The summed E-state index contributed by atoms with van der Waals surface area (Å²) in [5, 5.41) is 18.3. The van der Waals surface area contributed by atoms with E-state index >= 15 is 0 Å². The number of thiazole rings is 1. The minimum atomic E-state index is -0.583. The number of aromatic nitrogens is 1. The highest BCUT2D eigenvalue weighted by molar-refractivity contribution is 8.00. The summed E-state index contributed by atoms with van der Waals surface area (Å²) < 4.78 is 5.12. The lowest BCUT2D eigenvalue weighted by Crippen LogP contribution is -2.19. The fraction of sp³-hybridized carbons (Fsp3) is 0.0357. The quantitative estimate of drug-likeness (QED) is 0.113. The molecule has 0 aliphatic carbocycles. The van der Waals surface area contributed by atoms with Gasteiger partial charge in [0.2, 0.25) is 5.91 Å². The molecule has 3 aromatic carbocycles. The Morgan fingerprint density at radius 2 is 1.74 bits per heavy atom. The second-order valence-corrected chi connectivity index (χ2v) is 10.2. The Morgan fingerprint density at radius 3 is 2.46 bits per heavy atom. The van der Waals surface area contributed by atoms with Gasteiger partial charge in [-0.25, -0.2) is 4.98 Å². The molecule has 0 saturated heterocycles. The van der Waals surface area contributed by atoms with Crippen LogP contribution in [0.4, 0.5) is 16.5 Å². The number of hydrogen-bond acceptors (Lipinski definition) is 8. The fourth-order valence-corrected chi connectivity index (χ4v) is 5.41. The lowest BCUT2D eigenvalue weighted by molar-refractivity contribution is -0.384. The Hall–Kier alpha value is -4.74. The highest BCUT2D eigenvalue weighted by Gasteiger charge is 2.23. The maximum atomic E-state index is 13.4. The molecule has 0 spiro atoms. The van der Waals surface area contributed by atoms with Crippen LogP contribution in [0.3, 0.4) is 0 Å². The van der Waals surface area contributed by atoms with Crippen LogP contribution >= 0.6 is 23.1 Å². The van der Waals surface area contributed by atoms with Crippen LogP contribution in [0.5, 0.6) is 0 Å². The molecular weight excluding hydrogens is 536 g/mol. The lowest BCUT2D eigenvalue weighted by atomic mass is 10.1. The van der Waals surface area contributed by atoms with Crippen LogP contribution in [-0.2, 0) is 4.79 Å². The van der Waals surface area contributed by atoms with E-state index in [0.29, 0.717) is 22.1 Å². The summed E-state index contributed by atoms with van der Waals surface area (Å²) in [6, 6.07) is 26.0. The van der Waals surface area contributed by atoms with Gasteiger partial charge in [0.1, 0.15) is 5.25 Å². The van der Waals surface area contributed by atoms with E-state index in [1.54, 1.807) is 41.8 Å². The molecule has 2 N–H and O–H groups in total. The van der Waals surface area contributed by atoms with Gasteiger partial charge in [0.25, 0.3) is 11.6 Å². The fourth-order valence-electron chi connectivity index (χ4n) is 3.67. The summed E-state index contributed by atoms with van der Waals surface area (Å²) in [6.07, 6.45) is 1.43. The van der Waals surface area contributed by atoms with Crippen LogP contribution < -0.4 is 10.6 Å². The van der Waals surface area contributed by atoms with Crippen molar-refractivity contribution in [2.45, 2.75) is 10.1 Å². The van der Waals surface area contributed by atoms with E-state index in [1.807, 2.05) is 42.5 Å². The number of rotatable bonds is 9. The summed E-state index contributed by atoms with van der Waals surface area (Å²) in [5.41, 5.74) is 2.51. The molecule has 39 heavy (non-hydrogen) atoms. The Morgan fingerprint density at radius 1 is 0.949 bits per heavy atom. The van der Waals surface area contributed by atoms with Gasteiger partial charge in [0, 0.05) is 33.7 Å². The normalized spacial score (nSPS) is 11.5. The largest absolute Gasteiger partial charge is 0.459 e. The Balaban J connectivity index is 1.31. The van der Waals surface area contributed by atoms with E-state index in [-0.39, 0.29) is 23.3 Å². The smallest absolute Gasteiger partial charge is 0.291 e. The molecule has 0 radical (unpaired) electrons. The lowest BCUT2D eigenvalue weighted by Gasteiger charge is -2.16. The molecule has 2 amide bonds. The number of carbonyl (C=O) groups excluding carboxylic acids is 2. The molecule has 2 heterocycles. The van der Waals surface area contributed by atoms with Gasteiger partial charge >= 0.3 is 0 Å². The first kappa shape index (κ1) is 25.9. The minimum Gasteiger partial charge on any atom is -0.459 e. The number of furan rings is 1. The van der Waals surface area contributed by atoms with Gasteiger partial charge in [-0.3, -0.25) is 19.7 Å². The third-order valence-corrected chi connectivity index (χ3v) is 7.56. The molecule has 0 fully saturated rings. The first-order valence-electron chi connectivity index (χ1n) is 11.6. The molecule has 0 aliphatic heterocycles. The van der Waals surface area contributed by atoms with E-state index in [0.717, 1.165) is 10.5 Å². The SMILES string of the molecule is O=C(Nc1ccc(SC(C(=O)Nc2nc(-c3cccc([N+](=O)[O-])c3)cs2)c2ccccc2)cc1)c1ccco1. The number of nitrogens with zero attached hydrogens (tertiary/aromatic N) is 2. The molecule has 5 rings (SSSR count). The molecule has 0 bridgehead atoms. The van der Waals surface area contributed by atoms with Crippen molar-refractivity contribution in [2.24, 2.45) is 0 Å².